The van der Waals surface area contributed by atoms with Gasteiger partial charge >= 0.3 is 12.1 Å². The van der Waals surface area contributed by atoms with Crippen LogP contribution in [0.4, 0.5) is 13.2 Å². The van der Waals surface area contributed by atoms with Crippen LogP contribution in [0.1, 0.15) is 16.1 Å². The Balaban J connectivity index is 2.89. The smallest absolute Gasteiger partial charge is 0.420 e. The van der Waals surface area contributed by atoms with E-state index in [-0.39, 0.29) is 9.08 Å². The van der Waals surface area contributed by atoms with Crippen LogP contribution < -0.4 is 0 Å². The molecule has 2 aromatic rings. The largest absolute Gasteiger partial charge is 0.476 e. The Morgan fingerprint density at radius 2 is 2.00 bits per heavy atom. The van der Waals surface area contributed by atoms with Crippen molar-refractivity contribution >= 4 is 43.5 Å². The number of alkyl halides is 3. The summed E-state index contributed by atoms with van der Waals surface area (Å²) in [5.41, 5.74) is -1.95. The number of pyridine rings is 1. The topological polar surface area (TPSA) is 54.6 Å². The van der Waals surface area contributed by atoms with Crippen LogP contribution in [-0.2, 0) is 6.18 Å². The first-order chi connectivity index (χ1) is 8.21. The average molecular weight is 388 g/mol. The number of halogens is 5. The summed E-state index contributed by atoms with van der Waals surface area (Å²) in [6.45, 7) is 0. The van der Waals surface area contributed by atoms with Gasteiger partial charge in [-0.25, -0.2) is 9.78 Å². The van der Waals surface area contributed by atoms with E-state index in [2.05, 4.69) is 36.8 Å². The Labute approximate surface area is 115 Å². The van der Waals surface area contributed by atoms with E-state index in [4.69, 9.17) is 5.11 Å². The lowest BCUT2D eigenvalue weighted by molar-refractivity contribution is -0.136. The molecule has 0 fully saturated rings. The molecule has 18 heavy (non-hydrogen) atoms. The van der Waals surface area contributed by atoms with Crippen molar-refractivity contribution in [2.45, 2.75) is 6.18 Å². The molecule has 2 heterocycles. The number of nitrogens with zero attached hydrogens (tertiary/aromatic N) is 2. The molecule has 4 nitrogen and oxygen atoms in total. The molecule has 0 spiro atoms. The molecular weight excluding hydrogens is 385 g/mol. The third-order valence-electron chi connectivity index (χ3n) is 2.14. The van der Waals surface area contributed by atoms with Gasteiger partial charge in [-0.15, -0.1) is 0 Å². The highest BCUT2D eigenvalue weighted by Crippen LogP contribution is 2.35. The summed E-state index contributed by atoms with van der Waals surface area (Å²) in [4.78, 5) is 14.3. The van der Waals surface area contributed by atoms with E-state index in [1.165, 1.54) is 6.20 Å². The summed E-state index contributed by atoms with van der Waals surface area (Å²) >= 11 is 5.86. The van der Waals surface area contributed by atoms with Gasteiger partial charge in [0, 0.05) is 10.7 Å². The highest BCUT2D eigenvalue weighted by molar-refractivity contribution is 9.10. The van der Waals surface area contributed by atoms with Crippen LogP contribution in [0, 0.1) is 0 Å². The minimum atomic E-state index is -4.62. The van der Waals surface area contributed by atoms with Gasteiger partial charge < -0.3 is 5.11 Å². The number of rotatable bonds is 1. The summed E-state index contributed by atoms with van der Waals surface area (Å²) < 4.78 is 39.6. The van der Waals surface area contributed by atoms with Crippen molar-refractivity contribution in [1.29, 1.82) is 0 Å². The van der Waals surface area contributed by atoms with Crippen molar-refractivity contribution in [1.82, 2.24) is 9.38 Å². The van der Waals surface area contributed by atoms with E-state index >= 15 is 0 Å². The first kappa shape index (κ1) is 13.3. The highest BCUT2D eigenvalue weighted by atomic mass is 79.9. The van der Waals surface area contributed by atoms with Gasteiger partial charge in [-0.2, -0.15) is 13.2 Å². The van der Waals surface area contributed by atoms with Crippen molar-refractivity contribution in [2.24, 2.45) is 0 Å². The lowest BCUT2D eigenvalue weighted by Crippen LogP contribution is -2.08. The van der Waals surface area contributed by atoms with Gasteiger partial charge in [-0.3, -0.25) is 4.40 Å². The van der Waals surface area contributed by atoms with Gasteiger partial charge in [0.2, 0.25) is 0 Å². The molecule has 1 N–H and O–H groups in total. The van der Waals surface area contributed by atoms with Gasteiger partial charge in [0.25, 0.3) is 0 Å². The summed E-state index contributed by atoms with van der Waals surface area (Å²) in [6.07, 6.45) is -3.32. The molecule has 0 aliphatic rings. The number of imidazole rings is 1. The van der Waals surface area contributed by atoms with E-state index in [0.29, 0.717) is 0 Å². The van der Waals surface area contributed by atoms with Crippen LogP contribution >= 0.6 is 31.9 Å². The summed E-state index contributed by atoms with van der Waals surface area (Å²) in [5.74, 6) is -1.41. The van der Waals surface area contributed by atoms with Gasteiger partial charge in [0.05, 0.1) is 5.56 Å². The molecule has 0 radical (unpaired) electrons. The first-order valence-electron chi connectivity index (χ1n) is 4.39. The first-order valence-corrected chi connectivity index (χ1v) is 5.98. The van der Waals surface area contributed by atoms with Crippen LogP contribution in [0.15, 0.2) is 21.3 Å². The predicted molar refractivity (Wildman–Crippen MR) is 62.6 cm³/mol. The molecule has 0 aromatic carbocycles. The van der Waals surface area contributed by atoms with Crippen molar-refractivity contribution in [3.63, 3.8) is 0 Å². The van der Waals surface area contributed by atoms with Gasteiger partial charge in [0.1, 0.15) is 4.60 Å². The second-order valence-electron chi connectivity index (χ2n) is 3.32. The number of carboxylic acids is 1. The molecule has 0 unspecified atom stereocenters. The minimum absolute atomic E-state index is 0.0446. The number of fused-ring (bicyclic) bond motifs is 1. The van der Waals surface area contributed by atoms with Crippen LogP contribution in [0.25, 0.3) is 5.65 Å². The second kappa shape index (κ2) is 4.23. The number of carbonyl (C=O) groups is 1. The molecule has 96 valence electrons. The van der Waals surface area contributed by atoms with E-state index in [0.717, 1.165) is 10.5 Å². The van der Waals surface area contributed by atoms with Gasteiger partial charge in [0.15, 0.2) is 11.3 Å². The lowest BCUT2D eigenvalue weighted by Gasteiger charge is -2.08. The van der Waals surface area contributed by atoms with Crippen LogP contribution in [0.5, 0.6) is 0 Å². The van der Waals surface area contributed by atoms with E-state index in [9.17, 15) is 18.0 Å². The average Bonchev–Trinajstić information content (AvgIpc) is 2.54. The van der Waals surface area contributed by atoms with Crippen molar-refractivity contribution in [2.75, 3.05) is 0 Å². The summed E-state index contributed by atoms with van der Waals surface area (Å²) in [5, 5.41) is 8.83. The molecule has 0 atom stereocenters. The quantitative estimate of drug-likeness (QED) is 0.813. The molecule has 9 heteroatoms. The van der Waals surface area contributed by atoms with Crippen molar-refractivity contribution in [3.8, 4) is 0 Å². The van der Waals surface area contributed by atoms with Gasteiger partial charge in [-0.05, 0) is 37.9 Å². The molecule has 0 bridgehead atoms. The second-order valence-corrected chi connectivity index (χ2v) is 4.99. The molecule has 0 aliphatic carbocycles. The van der Waals surface area contributed by atoms with Crippen molar-refractivity contribution in [3.05, 3.63) is 32.6 Å². The molecule has 2 rings (SSSR count). The molecule has 0 amide bonds. The molecular formula is C9H3Br2F3N2O2. The lowest BCUT2D eigenvalue weighted by atomic mass is 10.2. The van der Waals surface area contributed by atoms with Crippen LogP contribution in [0.3, 0.4) is 0 Å². The fourth-order valence-electron chi connectivity index (χ4n) is 1.43. The number of hydrogen-bond acceptors (Lipinski definition) is 2. The Kier molecular flexibility index (Phi) is 3.14. The maximum atomic E-state index is 12.8. The van der Waals surface area contributed by atoms with Crippen molar-refractivity contribution < 1.29 is 23.1 Å². The van der Waals surface area contributed by atoms with E-state index < -0.39 is 29.1 Å². The summed E-state index contributed by atoms with van der Waals surface area (Å²) in [7, 11) is 0. The Morgan fingerprint density at radius 1 is 1.39 bits per heavy atom. The number of hydrogen-bond donors (Lipinski definition) is 1. The zero-order valence-electron chi connectivity index (χ0n) is 8.29. The molecule has 2 aromatic heterocycles. The standard InChI is InChI=1S/C9H3Br2F3N2O2/c10-3-1-4(9(12,13)14)7-15-5(8(17)18)6(11)16(7)2-3/h1-2H,(H,17,18). The predicted octanol–water partition coefficient (Wildman–Crippen LogP) is 3.58. The van der Waals surface area contributed by atoms with Crippen LogP contribution in [0.2, 0.25) is 0 Å². The fraction of sp³-hybridized carbons (Fsp3) is 0.111. The minimum Gasteiger partial charge on any atom is -0.476 e. The molecule has 0 saturated carbocycles. The number of aromatic nitrogens is 2. The Hall–Kier alpha value is -1.09. The van der Waals surface area contributed by atoms with E-state index in [1.54, 1.807) is 0 Å². The molecule has 0 aliphatic heterocycles. The fourth-order valence-corrected chi connectivity index (χ4v) is 2.39. The Bertz CT molecular complexity index is 651. The molecule has 0 saturated heterocycles. The highest BCUT2D eigenvalue weighted by Gasteiger charge is 2.35. The maximum absolute atomic E-state index is 12.8. The third-order valence-corrected chi connectivity index (χ3v) is 3.33. The summed E-state index contributed by atoms with van der Waals surface area (Å²) in [6, 6.07) is 0.848. The number of carboxylic acid groups (broad SMARTS) is 1. The Morgan fingerprint density at radius 3 is 2.50 bits per heavy atom. The van der Waals surface area contributed by atoms with Crippen LogP contribution in [-0.4, -0.2) is 20.5 Å². The van der Waals surface area contributed by atoms with Gasteiger partial charge in [-0.1, -0.05) is 0 Å². The van der Waals surface area contributed by atoms with E-state index in [1.807, 2.05) is 0 Å². The number of aromatic carboxylic acids is 1. The zero-order valence-corrected chi connectivity index (χ0v) is 11.5. The zero-order chi connectivity index (χ0) is 13.7. The normalized spacial score (nSPS) is 12.1. The monoisotopic (exact) mass is 386 g/mol. The third kappa shape index (κ3) is 2.12. The SMILES string of the molecule is O=C(O)c1nc2c(C(F)(F)F)cc(Br)cn2c1Br. The maximum Gasteiger partial charge on any atom is 0.420 e.